The molecular formula is C27H27N5O3. The number of amides is 2. The molecule has 0 saturated carbocycles. The van der Waals surface area contributed by atoms with Crippen molar-refractivity contribution >= 4 is 17.7 Å². The van der Waals surface area contributed by atoms with Gasteiger partial charge in [-0.05, 0) is 48.4 Å². The summed E-state index contributed by atoms with van der Waals surface area (Å²) < 4.78 is 0. The molecule has 0 aliphatic carbocycles. The smallest absolute Gasteiger partial charge is 0.407 e. The maximum absolute atomic E-state index is 13.0. The van der Waals surface area contributed by atoms with Gasteiger partial charge in [0, 0.05) is 56.7 Å². The van der Waals surface area contributed by atoms with Gasteiger partial charge in [0.25, 0.3) is 5.91 Å². The molecule has 2 aromatic carbocycles. The van der Waals surface area contributed by atoms with Crippen LogP contribution in [0.5, 0.6) is 0 Å². The second-order valence-electron chi connectivity index (χ2n) is 8.72. The number of piperazine rings is 1. The molecule has 1 aliphatic rings. The molecule has 0 spiro atoms. The lowest BCUT2D eigenvalue weighted by atomic mass is 10.0. The molecule has 8 nitrogen and oxygen atoms in total. The van der Waals surface area contributed by atoms with E-state index in [1.807, 2.05) is 49.4 Å². The van der Waals surface area contributed by atoms with Gasteiger partial charge in [-0.2, -0.15) is 5.26 Å². The number of pyridine rings is 1. The van der Waals surface area contributed by atoms with Crippen molar-refractivity contribution in [2.24, 2.45) is 0 Å². The summed E-state index contributed by atoms with van der Waals surface area (Å²) in [5, 5.41) is 18.3. The second-order valence-corrected chi connectivity index (χ2v) is 8.72. The highest BCUT2D eigenvalue weighted by Gasteiger charge is 2.27. The third kappa shape index (κ3) is 5.48. The lowest BCUT2D eigenvalue weighted by Gasteiger charge is -2.38. The highest BCUT2D eigenvalue weighted by molar-refractivity contribution is 6.04. The first kappa shape index (κ1) is 23.9. The Bertz CT molecular complexity index is 1250. The van der Waals surface area contributed by atoms with E-state index >= 15 is 0 Å². The Hall–Kier alpha value is -4.22. The van der Waals surface area contributed by atoms with Crippen LogP contribution in [0.25, 0.3) is 11.1 Å². The number of nitrogens with zero attached hydrogens (tertiary/aromatic N) is 5. The van der Waals surface area contributed by atoms with Gasteiger partial charge in [-0.1, -0.05) is 30.3 Å². The summed E-state index contributed by atoms with van der Waals surface area (Å²) in [5.74, 6) is -0.214. The Balaban J connectivity index is 1.38. The van der Waals surface area contributed by atoms with Crippen LogP contribution < -0.4 is 4.90 Å². The van der Waals surface area contributed by atoms with Crippen molar-refractivity contribution in [1.29, 1.82) is 5.26 Å². The SMILES string of the molecule is C[C@H]1CN(Cc2ccc(N(C)C(=O)c3ccc(-c4cccc(C#N)c4)cn3)cc2)CCN1C(=O)O. The van der Waals surface area contributed by atoms with Crippen molar-refractivity contribution in [3.8, 4) is 17.2 Å². The average molecular weight is 470 g/mol. The number of hydrogen-bond acceptors (Lipinski definition) is 5. The van der Waals surface area contributed by atoms with Gasteiger partial charge in [0.15, 0.2) is 0 Å². The monoisotopic (exact) mass is 469 g/mol. The summed E-state index contributed by atoms with van der Waals surface area (Å²) in [5.41, 5.74) is 4.48. The maximum Gasteiger partial charge on any atom is 0.407 e. The fourth-order valence-electron chi connectivity index (χ4n) is 4.29. The Kier molecular flexibility index (Phi) is 7.09. The molecule has 1 N–H and O–H groups in total. The van der Waals surface area contributed by atoms with Crippen molar-refractivity contribution in [3.05, 3.63) is 83.7 Å². The maximum atomic E-state index is 13.0. The minimum atomic E-state index is -0.869. The molecular weight excluding hydrogens is 442 g/mol. The van der Waals surface area contributed by atoms with Crippen molar-refractivity contribution in [1.82, 2.24) is 14.8 Å². The van der Waals surface area contributed by atoms with Gasteiger partial charge in [-0.25, -0.2) is 4.79 Å². The standard InChI is InChI=1S/C27H27N5O3/c1-19-17-31(12-13-32(19)27(34)35)18-20-6-9-24(10-7-20)30(2)26(33)25-11-8-23(16-29-25)22-5-3-4-21(14-22)15-28/h3-11,14,16,19H,12-13,17-18H2,1-2H3,(H,34,35)/t19-/m0/s1. The van der Waals surface area contributed by atoms with E-state index in [2.05, 4.69) is 16.0 Å². The zero-order valence-corrected chi connectivity index (χ0v) is 19.8. The van der Waals surface area contributed by atoms with Crippen LogP contribution in [0.15, 0.2) is 66.9 Å². The third-order valence-corrected chi connectivity index (χ3v) is 6.30. The summed E-state index contributed by atoms with van der Waals surface area (Å²) >= 11 is 0. The first-order valence-electron chi connectivity index (χ1n) is 11.4. The molecule has 1 fully saturated rings. The largest absolute Gasteiger partial charge is 0.465 e. The first-order valence-corrected chi connectivity index (χ1v) is 11.4. The molecule has 2 amide bonds. The number of carbonyl (C=O) groups excluding carboxylic acids is 1. The Morgan fingerprint density at radius 1 is 1.11 bits per heavy atom. The number of rotatable bonds is 5. The molecule has 0 bridgehead atoms. The number of carbonyl (C=O) groups is 2. The zero-order chi connectivity index (χ0) is 24.9. The topological polar surface area (TPSA) is 101 Å². The van der Waals surface area contributed by atoms with Crippen molar-refractivity contribution in [2.75, 3.05) is 31.6 Å². The van der Waals surface area contributed by atoms with Gasteiger partial charge in [0.1, 0.15) is 5.69 Å². The fraction of sp³-hybridized carbons (Fsp3) is 0.259. The highest BCUT2D eigenvalue weighted by Crippen LogP contribution is 2.22. The van der Waals surface area contributed by atoms with Crippen molar-refractivity contribution in [2.45, 2.75) is 19.5 Å². The fourth-order valence-corrected chi connectivity index (χ4v) is 4.29. The zero-order valence-electron chi connectivity index (χ0n) is 19.8. The molecule has 178 valence electrons. The van der Waals surface area contributed by atoms with Gasteiger partial charge in [0.2, 0.25) is 0 Å². The van der Waals surface area contributed by atoms with E-state index in [4.69, 9.17) is 5.26 Å². The summed E-state index contributed by atoms with van der Waals surface area (Å²) in [6.45, 7) is 4.54. The number of carboxylic acid groups (broad SMARTS) is 1. The third-order valence-electron chi connectivity index (χ3n) is 6.30. The Labute approximate surface area is 204 Å². The van der Waals surface area contributed by atoms with Gasteiger partial charge < -0.3 is 14.9 Å². The summed E-state index contributed by atoms with van der Waals surface area (Å²) in [4.78, 5) is 33.9. The number of benzene rings is 2. The molecule has 0 radical (unpaired) electrons. The Morgan fingerprint density at radius 2 is 1.89 bits per heavy atom. The molecule has 1 aromatic heterocycles. The van der Waals surface area contributed by atoms with Crippen LogP contribution in [-0.4, -0.2) is 64.6 Å². The van der Waals surface area contributed by atoms with E-state index in [0.717, 1.165) is 28.9 Å². The van der Waals surface area contributed by atoms with Gasteiger partial charge >= 0.3 is 6.09 Å². The minimum Gasteiger partial charge on any atom is -0.465 e. The highest BCUT2D eigenvalue weighted by atomic mass is 16.4. The minimum absolute atomic E-state index is 0.0431. The lowest BCUT2D eigenvalue weighted by Crippen LogP contribution is -2.53. The van der Waals surface area contributed by atoms with Gasteiger partial charge in [-0.3, -0.25) is 14.7 Å². The normalized spacial score (nSPS) is 15.9. The number of anilines is 1. The number of aromatic nitrogens is 1. The van der Waals surface area contributed by atoms with Gasteiger partial charge in [0.05, 0.1) is 11.6 Å². The van der Waals surface area contributed by atoms with Crippen LogP contribution in [0.2, 0.25) is 0 Å². The summed E-state index contributed by atoms with van der Waals surface area (Å²) in [7, 11) is 1.72. The molecule has 2 heterocycles. The molecule has 8 heteroatoms. The van der Waals surface area contributed by atoms with Crippen molar-refractivity contribution < 1.29 is 14.7 Å². The van der Waals surface area contributed by atoms with E-state index in [0.29, 0.717) is 30.9 Å². The van der Waals surface area contributed by atoms with E-state index < -0.39 is 6.09 Å². The quantitative estimate of drug-likeness (QED) is 0.604. The van der Waals surface area contributed by atoms with E-state index in [1.54, 1.807) is 36.3 Å². The molecule has 0 unspecified atom stereocenters. The molecule has 1 aliphatic heterocycles. The van der Waals surface area contributed by atoms with Crippen LogP contribution in [0.1, 0.15) is 28.5 Å². The molecule has 1 saturated heterocycles. The van der Waals surface area contributed by atoms with Crippen molar-refractivity contribution in [3.63, 3.8) is 0 Å². The van der Waals surface area contributed by atoms with Crippen LogP contribution in [-0.2, 0) is 6.54 Å². The second kappa shape index (κ2) is 10.4. The lowest BCUT2D eigenvalue weighted by molar-refractivity contribution is 0.0711. The molecule has 35 heavy (non-hydrogen) atoms. The summed E-state index contributed by atoms with van der Waals surface area (Å²) in [6.07, 6.45) is 0.776. The van der Waals surface area contributed by atoms with E-state index in [9.17, 15) is 14.7 Å². The van der Waals surface area contributed by atoms with E-state index in [1.165, 1.54) is 4.90 Å². The molecule has 3 aromatic rings. The predicted octanol–water partition coefficient (Wildman–Crippen LogP) is 4.08. The Morgan fingerprint density at radius 3 is 2.51 bits per heavy atom. The first-order chi connectivity index (χ1) is 16.9. The predicted molar refractivity (Wildman–Crippen MR) is 133 cm³/mol. The van der Waals surface area contributed by atoms with Crippen LogP contribution in [0.4, 0.5) is 10.5 Å². The van der Waals surface area contributed by atoms with Crippen LogP contribution >= 0.6 is 0 Å². The number of nitriles is 1. The average Bonchev–Trinajstić information content (AvgIpc) is 2.88. The van der Waals surface area contributed by atoms with Crippen LogP contribution in [0, 0.1) is 11.3 Å². The molecule has 1 atom stereocenters. The number of hydrogen-bond donors (Lipinski definition) is 1. The molecule has 4 rings (SSSR count). The van der Waals surface area contributed by atoms with Gasteiger partial charge in [-0.15, -0.1) is 0 Å². The summed E-state index contributed by atoms with van der Waals surface area (Å²) in [6, 6.07) is 20.7. The van der Waals surface area contributed by atoms with E-state index in [-0.39, 0.29) is 11.9 Å². The van der Waals surface area contributed by atoms with Crippen LogP contribution in [0.3, 0.4) is 0 Å².